The molecule has 2 unspecified atom stereocenters. The van der Waals surface area contributed by atoms with Crippen LogP contribution < -0.4 is 4.89 Å². The number of ether oxygens (including phenoxy) is 2. The molecule has 0 aliphatic carbocycles. The van der Waals surface area contributed by atoms with Crippen LogP contribution in [-0.2, 0) is 27.9 Å². The van der Waals surface area contributed by atoms with E-state index in [9.17, 15) is 14.3 Å². The van der Waals surface area contributed by atoms with Crippen LogP contribution in [0.5, 0.6) is 0 Å². The van der Waals surface area contributed by atoms with E-state index in [1.54, 1.807) is 0 Å². The number of allylic oxidation sites excluding steroid dienone is 10. The average Bonchev–Trinajstić information content (AvgIpc) is 3.29. The summed E-state index contributed by atoms with van der Waals surface area (Å²) in [5.74, 6) is -0.350. The minimum atomic E-state index is -4.54. The summed E-state index contributed by atoms with van der Waals surface area (Å²) in [5, 5.41) is 0. The highest BCUT2D eigenvalue weighted by atomic mass is 31.2. The fraction of sp³-hybridized carbons (Fsp3) is 0.810. The number of carbonyl (C=O) groups is 1. The third-order valence-corrected chi connectivity index (χ3v) is 13.0. The van der Waals surface area contributed by atoms with Gasteiger partial charge in [-0.2, -0.15) is 0 Å². The molecule has 2 atom stereocenters. The third-order valence-electron chi connectivity index (χ3n) is 12.1. The zero-order valence-electron chi connectivity index (χ0n) is 44.6. The summed E-state index contributed by atoms with van der Waals surface area (Å²) in [7, 11) is 1.34. The Kier molecular flexibility index (Phi) is 49.2. The Hall–Kier alpha value is -1.80. The zero-order valence-corrected chi connectivity index (χ0v) is 45.5. The number of phosphoric ester groups is 1. The van der Waals surface area contributed by atoms with Gasteiger partial charge in [-0.1, -0.05) is 242 Å². The molecular formula is C58H108NO7P. The molecule has 0 fully saturated rings. The van der Waals surface area contributed by atoms with Crippen molar-refractivity contribution in [3.8, 4) is 0 Å². The second-order valence-corrected chi connectivity index (χ2v) is 21.3. The molecule has 0 rings (SSSR count). The van der Waals surface area contributed by atoms with Crippen molar-refractivity contribution in [1.29, 1.82) is 0 Å². The lowest BCUT2D eigenvalue weighted by Crippen LogP contribution is -2.37. The van der Waals surface area contributed by atoms with Gasteiger partial charge in [-0.3, -0.25) is 9.36 Å². The van der Waals surface area contributed by atoms with Crippen molar-refractivity contribution in [2.24, 2.45) is 0 Å². The fourth-order valence-electron chi connectivity index (χ4n) is 7.81. The number of rotatable bonds is 52. The quantitative estimate of drug-likeness (QED) is 0.0197. The van der Waals surface area contributed by atoms with Gasteiger partial charge in [-0.25, -0.2) is 0 Å². The molecule has 0 spiro atoms. The first-order valence-corrected chi connectivity index (χ1v) is 29.5. The van der Waals surface area contributed by atoms with E-state index in [0.29, 0.717) is 24.1 Å². The van der Waals surface area contributed by atoms with E-state index in [4.69, 9.17) is 18.5 Å². The van der Waals surface area contributed by atoms with Gasteiger partial charge in [0.1, 0.15) is 19.3 Å². The number of hydrogen-bond donors (Lipinski definition) is 0. The highest BCUT2D eigenvalue weighted by Crippen LogP contribution is 2.38. The van der Waals surface area contributed by atoms with Crippen LogP contribution >= 0.6 is 7.82 Å². The van der Waals surface area contributed by atoms with Crippen LogP contribution in [0.25, 0.3) is 0 Å². The summed E-state index contributed by atoms with van der Waals surface area (Å²) in [6.07, 6.45) is 65.5. The smallest absolute Gasteiger partial charge is 0.306 e. The van der Waals surface area contributed by atoms with Crippen LogP contribution in [0.4, 0.5) is 0 Å². The van der Waals surface area contributed by atoms with Gasteiger partial charge in [0.15, 0.2) is 0 Å². The molecule has 0 aromatic carbocycles. The normalized spacial score (nSPS) is 13.9. The molecule has 0 aliphatic rings. The molecule has 0 aliphatic heterocycles. The lowest BCUT2D eigenvalue weighted by molar-refractivity contribution is -0.870. The summed E-state index contributed by atoms with van der Waals surface area (Å²) in [6, 6.07) is 0. The van der Waals surface area contributed by atoms with Crippen molar-refractivity contribution in [2.75, 3.05) is 54.1 Å². The maximum Gasteiger partial charge on any atom is 0.306 e. The van der Waals surface area contributed by atoms with Crippen molar-refractivity contribution >= 4 is 13.8 Å². The topological polar surface area (TPSA) is 94.1 Å². The van der Waals surface area contributed by atoms with Gasteiger partial charge in [0.2, 0.25) is 0 Å². The number of quaternary nitrogens is 1. The number of phosphoric acid groups is 1. The van der Waals surface area contributed by atoms with Crippen LogP contribution in [-0.4, -0.2) is 70.7 Å². The largest absolute Gasteiger partial charge is 0.756 e. The average molecular weight is 962 g/mol. The van der Waals surface area contributed by atoms with Crippen molar-refractivity contribution in [1.82, 2.24) is 0 Å². The van der Waals surface area contributed by atoms with Crippen molar-refractivity contribution in [3.63, 3.8) is 0 Å². The van der Waals surface area contributed by atoms with Crippen LogP contribution in [0.1, 0.15) is 245 Å². The molecule has 0 aromatic heterocycles. The van der Waals surface area contributed by atoms with Crippen LogP contribution in [0.15, 0.2) is 60.8 Å². The SMILES string of the molecule is CC/C=C\C/C=C\C/C=C\C/C=C\C/C=C\CCCCCCCC(=O)OC(COCCCCCCCCCCCCCCCCCCCCCCCCCC)COP(=O)([O-])OCC[N+](C)(C)C. The Bertz CT molecular complexity index is 1260. The molecule has 0 radical (unpaired) electrons. The Morgan fingerprint density at radius 3 is 1.30 bits per heavy atom. The van der Waals surface area contributed by atoms with Gasteiger partial charge in [0.05, 0.1) is 34.4 Å². The van der Waals surface area contributed by atoms with E-state index in [0.717, 1.165) is 83.5 Å². The first-order valence-electron chi connectivity index (χ1n) is 28.0. The molecule has 9 heteroatoms. The Morgan fingerprint density at radius 1 is 0.478 bits per heavy atom. The summed E-state index contributed by atoms with van der Waals surface area (Å²) in [6.45, 7) is 5.31. The van der Waals surface area contributed by atoms with E-state index in [1.165, 1.54) is 141 Å². The standard InChI is InChI=1S/C58H108NO7P/c1-6-8-10-12-14-16-18-20-22-24-26-28-29-30-32-34-36-38-40-42-44-46-48-50-53-63-55-57(56-65-67(61,62)64-54-52-59(3,4)5)66-58(60)51-49-47-45-43-41-39-37-35-33-31-27-25-23-21-19-17-15-13-11-9-7-2/h9,11,15,17,21,23,27,31,35,37,57H,6-8,10,12-14,16,18-20,22,24-26,28-30,32-34,36,38-56H2,1-5H3/b11-9-,17-15-,23-21-,31-27-,37-35-. The van der Waals surface area contributed by atoms with Gasteiger partial charge in [-0.05, 0) is 57.8 Å². The van der Waals surface area contributed by atoms with Crippen molar-refractivity contribution < 1.29 is 37.3 Å². The molecule has 0 saturated heterocycles. The minimum absolute atomic E-state index is 0.0209. The zero-order chi connectivity index (χ0) is 49.0. The maximum absolute atomic E-state index is 12.8. The maximum atomic E-state index is 12.8. The highest BCUT2D eigenvalue weighted by Gasteiger charge is 2.20. The number of esters is 1. The minimum Gasteiger partial charge on any atom is -0.756 e. The lowest BCUT2D eigenvalue weighted by atomic mass is 10.0. The third kappa shape index (κ3) is 55.0. The van der Waals surface area contributed by atoms with Gasteiger partial charge in [0, 0.05) is 13.0 Å². The lowest BCUT2D eigenvalue weighted by Gasteiger charge is -2.28. The van der Waals surface area contributed by atoms with Gasteiger partial charge in [0.25, 0.3) is 7.82 Å². The summed E-state index contributed by atoms with van der Waals surface area (Å²) in [4.78, 5) is 25.2. The first-order chi connectivity index (χ1) is 32.6. The number of carbonyl (C=O) groups excluding carboxylic acids is 1. The van der Waals surface area contributed by atoms with Crippen molar-refractivity contribution in [3.05, 3.63) is 60.8 Å². The summed E-state index contributed by atoms with van der Waals surface area (Å²) in [5.41, 5.74) is 0. The van der Waals surface area contributed by atoms with E-state index < -0.39 is 13.9 Å². The Labute approximate surface area is 415 Å². The predicted molar refractivity (Wildman–Crippen MR) is 286 cm³/mol. The van der Waals surface area contributed by atoms with E-state index >= 15 is 0 Å². The molecular weight excluding hydrogens is 854 g/mol. The second kappa shape index (κ2) is 50.6. The number of nitrogens with zero attached hydrogens (tertiary/aromatic N) is 1. The summed E-state index contributed by atoms with van der Waals surface area (Å²) >= 11 is 0. The van der Waals surface area contributed by atoms with Crippen molar-refractivity contribution in [2.45, 2.75) is 251 Å². The second-order valence-electron chi connectivity index (χ2n) is 19.9. The Balaban J connectivity index is 4.11. The van der Waals surface area contributed by atoms with Gasteiger partial charge < -0.3 is 27.9 Å². The van der Waals surface area contributed by atoms with Crippen LogP contribution in [0.2, 0.25) is 0 Å². The van der Waals surface area contributed by atoms with Gasteiger partial charge in [-0.15, -0.1) is 0 Å². The molecule has 0 saturated carbocycles. The highest BCUT2D eigenvalue weighted by molar-refractivity contribution is 7.45. The van der Waals surface area contributed by atoms with Crippen LogP contribution in [0, 0.1) is 0 Å². The molecule has 0 amide bonds. The van der Waals surface area contributed by atoms with Gasteiger partial charge >= 0.3 is 5.97 Å². The molecule has 392 valence electrons. The monoisotopic (exact) mass is 962 g/mol. The molecule has 0 bridgehead atoms. The van der Waals surface area contributed by atoms with E-state index in [-0.39, 0.29) is 25.8 Å². The molecule has 67 heavy (non-hydrogen) atoms. The number of hydrogen-bond acceptors (Lipinski definition) is 7. The Morgan fingerprint density at radius 2 is 0.866 bits per heavy atom. The molecule has 0 heterocycles. The van der Waals surface area contributed by atoms with Crippen LogP contribution in [0.3, 0.4) is 0 Å². The predicted octanol–water partition coefficient (Wildman–Crippen LogP) is 17.0. The van der Waals surface area contributed by atoms with E-state index in [2.05, 4.69) is 74.6 Å². The molecule has 0 N–H and O–H groups in total. The summed E-state index contributed by atoms with van der Waals surface area (Å²) < 4.78 is 34.8. The molecule has 8 nitrogen and oxygen atoms in total. The van der Waals surface area contributed by atoms with E-state index in [1.807, 2.05) is 21.1 Å². The number of unbranched alkanes of at least 4 members (excludes halogenated alkanes) is 28. The fourth-order valence-corrected chi connectivity index (χ4v) is 8.54. The first kappa shape index (κ1) is 65.2. The number of likely N-dealkylation sites (N-methyl/N-ethyl adjacent to an activating group) is 1. The molecule has 0 aromatic rings.